The normalized spacial score (nSPS) is 13.3. The van der Waals surface area contributed by atoms with Gasteiger partial charge in [0.05, 0.1) is 11.1 Å². The lowest BCUT2D eigenvalue weighted by Crippen LogP contribution is -2.29. The van der Waals surface area contributed by atoms with Crippen LogP contribution in [0.15, 0.2) is 61.2 Å². The van der Waals surface area contributed by atoms with Crippen molar-refractivity contribution in [1.82, 2.24) is 5.06 Å². The maximum absolute atomic E-state index is 12.1. The summed E-state index contributed by atoms with van der Waals surface area (Å²) in [7, 11) is 0. The van der Waals surface area contributed by atoms with Gasteiger partial charge in [0.1, 0.15) is 0 Å². The van der Waals surface area contributed by atoms with E-state index < -0.39 is 11.8 Å². The molecule has 0 saturated heterocycles. The Morgan fingerprint density at radius 2 is 1.35 bits per heavy atom. The number of fused-ring (bicyclic) bond motifs is 1. The molecule has 0 bridgehead atoms. The van der Waals surface area contributed by atoms with E-state index in [1.165, 1.54) is 0 Å². The molecule has 0 atom stereocenters. The number of hydrogen-bond acceptors (Lipinski definition) is 3. The van der Waals surface area contributed by atoms with Crippen LogP contribution in [0.3, 0.4) is 0 Å². The summed E-state index contributed by atoms with van der Waals surface area (Å²) in [6.45, 7) is 3.75. The minimum absolute atomic E-state index is 0.250. The van der Waals surface area contributed by atoms with Gasteiger partial charge < -0.3 is 4.84 Å². The second kappa shape index (κ2) is 4.66. The van der Waals surface area contributed by atoms with Crippen molar-refractivity contribution >= 4 is 17.6 Å². The van der Waals surface area contributed by atoms with Crippen LogP contribution in [-0.2, 0) is 4.84 Å². The highest BCUT2D eigenvalue weighted by atomic mass is 16.7. The molecular formula is C16H11NO3. The van der Waals surface area contributed by atoms with Crippen LogP contribution in [-0.4, -0.2) is 16.9 Å². The van der Waals surface area contributed by atoms with Crippen molar-refractivity contribution in [3.8, 4) is 0 Å². The van der Waals surface area contributed by atoms with Crippen LogP contribution in [0.2, 0.25) is 0 Å². The SMILES string of the molecule is C=C(ON1C(=O)c2ccccc2C1=O)c1ccccc1. The first-order valence-electron chi connectivity index (χ1n) is 6.08. The molecule has 1 aliphatic rings. The second-order valence-corrected chi connectivity index (χ2v) is 4.33. The van der Waals surface area contributed by atoms with Crippen LogP contribution in [0.25, 0.3) is 5.76 Å². The van der Waals surface area contributed by atoms with Gasteiger partial charge in [-0.15, -0.1) is 0 Å². The molecule has 0 saturated carbocycles. The average molecular weight is 265 g/mol. The fourth-order valence-electron chi connectivity index (χ4n) is 2.04. The highest BCUT2D eigenvalue weighted by Crippen LogP contribution is 2.25. The Balaban J connectivity index is 1.86. The fraction of sp³-hybridized carbons (Fsp3) is 0. The van der Waals surface area contributed by atoms with Gasteiger partial charge in [0.2, 0.25) is 0 Å². The highest BCUT2D eigenvalue weighted by molar-refractivity contribution is 6.20. The lowest BCUT2D eigenvalue weighted by molar-refractivity contribution is -0.0315. The zero-order valence-corrected chi connectivity index (χ0v) is 10.6. The Morgan fingerprint density at radius 1 is 0.850 bits per heavy atom. The van der Waals surface area contributed by atoms with Gasteiger partial charge >= 0.3 is 0 Å². The van der Waals surface area contributed by atoms with Crippen LogP contribution < -0.4 is 0 Å². The largest absolute Gasteiger partial charge is 0.368 e. The molecule has 0 unspecified atom stereocenters. The number of amides is 2. The molecule has 0 aliphatic carbocycles. The summed E-state index contributed by atoms with van der Waals surface area (Å²) in [6.07, 6.45) is 0. The Morgan fingerprint density at radius 3 is 1.90 bits per heavy atom. The van der Waals surface area contributed by atoms with Crippen molar-refractivity contribution in [1.29, 1.82) is 0 Å². The van der Waals surface area contributed by atoms with Crippen LogP contribution in [0.5, 0.6) is 0 Å². The summed E-state index contributed by atoms with van der Waals surface area (Å²) in [5.74, 6) is -0.689. The van der Waals surface area contributed by atoms with Gasteiger partial charge in [-0.2, -0.15) is 0 Å². The third-order valence-electron chi connectivity index (χ3n) is 3.05. The summed E-state index contributed by atoms with van der Waals surface area (Å²) in [6, 6.07) is 15.7. The number of imide groups is 1. The topological polar surface area (TPSA) is 46.6 Å². The van der Waals surface area contributed by atoms with Crippen LogP contribution in [0.4, 0.5) is 0 Å². The molecule has 2 aromatic rings. The highest BCUT2D eigenvalue weighted by Gasteiger charge is 2.37. The molecule has 3 rings (SSSR count). The van der Waals surface area contributed by atoms with E-state index in [0.29, 0.717) is 16.7 Å². The minimum atomic E-state index is -0.470. The number of hydrogen-bond donors (Lipinski definition) is 0. The lowest BCUT2D eigenvalue weighted by atomic mass is 10.1. The van der Waals surface area contributed by atoms with E-state index in [-0.39, 0.29) is 5.76 Å². The summed E-state index contributed by atoms with van der Waals surface area (Å²) in [4.78, 5) is 29.6. The molecule has 0 radical (unpaired) electrons. The molecule has 0 N–H and O–H groups in total. The van der Waals surface area contributed by atoms with Crippen molar-refractivity contribution in [3.05, 3.63) is 77.9 Å². The zero-order valence-electron chi connectivity index (χ0n) is 10.6. The molecule has 4 heteroatoms. The van der Waals surface area contributed by atoms with E-state index in [1.807, 2.05) is 18.2 Å². The lowest BCUT2D eigenvalue weighted by Gasteiger charge is -2.16. The van der Waals surface area contributed by atoms with Crippen molar-refractivity contribution in [2.24, 2.45) is 0 Å². The predicted molar refractivity (Wildman–Crippen MR) is 73.5 cm³/mol. The standard InChI is InChI=1S/C16H11NO3/c1-11(12-7-3-2-4-8-12)20-17-15(18)13-9-5-6-10-14(13)16(17)19/h2-10H,1H2. The second-order valence-electron chi connectivity index (χ2n) is 4.33. The van der Waals surface area contributed by atoms with E-state index >= 15 is 0 Å². The van der Waals surface area contributed by atoms with Crippen LogP contribution in [0.1, 0.15) is 26.3 Å². The summed E-state index contributed by atoms with van der Waals surface area (Å²) in [5, 5.41) is 0.750. The van der Waals surface area contributed by atoms with Crippen molar-refractivity contribution in [2.75, 3.05) is 0 Å². The molecule has 0 fully saturated rings. The van der Waals surface area contributed by atoms with Crippen molar-refractivity contribution in [2.45, 2.75) is 0 Å². The molecule has 2 aromatic carbocycles. The van der Waals surface area contributed by atoms with Gasteiger partial charge in [-0.3, -0.25) is 9.59 Å². The van der Waals surface area contributed by atoms with Crippen molar-refractivity contribution in [3.63, 3.8) is 0 Å². The van der Waals surface area contributed by atoms with Gasteiger partial charge in [-0.1, -0.05) is 54.1 Å². The van der Waals surface area contributed by atoms with E-state index in [4.69, 9.17) is 4.84 Å². The van der Waals surface area contributed by atoms with E-state index in [9.17, 15) is 9.59 Å². The molecule has 1 aliphatic heterocycles. The third-order valence-corrected chi connectivity index (χ3v) is 3.05. The minimum Gasteiger partial charge on any atom is -0.368 e. The molecule has 2 amide bonds. The van der Waals surface area contributed by atoms with E-state index in [0.717, 1.165) is 5.06 Å². The van der Waals surface area contributed by atoms with Gasteiger partial charge in [-0.25, -0.2) is 0 Å². The molecular weight excluding hydrogens is 254 g/mol. The van der Waals surface area contributed by atoms with Gasteiger partial charge in [-0.05, 0) is 12.1 Å². The van der Waals surface area contributed by atoms with Crippen LogP contribution in [0, 0.1) is 0 Å². The smallest absolute Gasteiger partial charge is 0.295 e. The summed E-state index contributed by atoms with van der Waals surface area (Å²) in [5.41, 5.74) is 1.40. The van der Waals surface area contributed by atoms with Crippen LogP contribution >= 0.6 is 0 Å². The Labute approximate surface area is 115 Å². The number of hydroxylamine groups is 2. The maximum Gasteiger partial charge on any atom is 0.295 e. The van der Waals surface area contributed by atoms with Crippen molar-refractivity contribution < 1.29 is 14.4 Å². The first-order valence-corrected chi connectivity index (χ1v) is 6.08. The Hall–Kier alpha value is -2.88. The fourth-order valence-corrected chi connectivity index (χ4v) is 2.04. The predicted octanol–water partition coefficient (Wildman–Crippen LogP) is 2.89. The average Bonchev–Trinajstić information content (AvgIpc) is 2.74. The molecule has 4 nitrogen and oxygen atoms in total. The Kier molecular flexibility index (Phi) is 2.84. The Bertz CT molecular complexity index is 672. The van der Waals surface area contributed by atoms with E-state index in [2.05, 4.69) is 6.58 Å². The molecule has 20 heavy (non-hydrogen) atoms. The molecule has 1 heterocycles. The number of benzene rings is 2. The summed E-state index contributed by atoms with van der Waals surface area (Å²) >= 11 is 0. The van der Waals surface area contributed by atoms with Gasteiger partial charge in [0, 0.05) is 5.56 Å². The number of nitrogens with zero attached hydrogens (tertiary/aromatic N) is 1. The quantitative estimate of drug-likeness (QED) is 0.633. The molecule has 98 valence electrons. The van der Waals surface area contributed by atoms with E-state index in [1.54, 1.807) is 36.4 Å². The monoisotopic (exact) mass is 265 g/mol. The van der Waals surface area contributed by atoms with Gasteiger partial charge in [0.15, 0.2) is 5.76 Å². The number of carbonyl (C=O) groups excluding carboxylic acids is 2. The number of rotatable bonds is 3. The molecule has 0 spiro atoms. The summed E-state index contributed by atoms with van der Waals surface area (Å²) < 4.78 is 0. The first-order chi connectivity index (χ1) is 9.68. The third kappa shape index (κ3) is 1.87. The van der Waals surface area contributed by atoms with Gasteiger partial charge in [0.25, 0.3) is 11.8 Å². The molecule has 0 aromatic heterocycles. The first kappa shape index (κ1) is 12.2. The zero-order chi connectivity index (χ0) is 14.1. The number of carbonyl (C=O) groups is 2. The maximum atomic E-state index is 12.1.